The zero-order valence-corrected chi connectivity index (χ0v) is 13.5. The van der Waals surface area contributed by atoms with Crippen molar-refractivity contribution in [2.24, 2.45) is 5.73 Å². The van der Waals surface area contributed by atoms with E-state index in [0.717, 1.165) is 0 Å². The largest absolute Gasteiger partial charge is 0.324 e. The monoisotopic (exact) mass is 343 g/mol. The summed E-state index contributed by atoms with van der Waals surface area (Å²) in [5.74, 6) is -0.989. The van der Waals surface area contributed by atoms with Gasteiger partial charge in [0, 0.05) is 6.42 Å². The van der Waals surface area contributed by atoms with Gasteiger partial charge in [0.15, 0.2) is 0 Å². The van der Waals surface area contributed by atoms with Crippen molar-refractivity contribution in [1.82, 2.24) is 14.9 Å². The van der Waals surface area contributed by atoms with Gasteiger partial charge >= 0.3 is 0 Å². The average Bonchev–Trinajstić information content (AvgIpc) is 2.56. The molecule has 2 aromatic rings. The number of hydrogen-bond donors (Lipinski definition) is 3. The van der Waals surface area contributed by atoms with E-state index >= 15 is 0 Å². The van der Waals surface area contributed by atoms with Crippen molar-refractivity contribution in [2.75, 3.05) is 11.9 Å². The Morgan fingerprint density at radius 2 is 2.16 bits per heavy atom. The minimum absolute atomic E-state index is 0.145. The number of amides is 3. The van der Waals surface area contributed by atoms with Crippen LogP contribution in [0.5, 0.6) is 0 Å². The lowest BCUT2D eigenvalue weighted by atomic mass is 10.1. The van der Waals surface area contributed by atoms with Crippen LogP contribution in [0.4, 0.5) is 5.69 Å². The second kappa shape index (κ2) is 6.44. The molecule has 2 heterocycles. The van der Waals surface area contributed by atoms with Gasteiger partial charge in [0.05, 0.1) is 23.1 Å². The third-order valence-corrected chi connectivity index (χ3v) is 4.09. The Morgan fingerprint density at radius 3 is 2.84 bits per heavy atom. The highest BCUT2D eigenvalue weighted by Crippen LogP contribution is 2.23. The van der Waals surface area contributed by atoms with Gasteiger partial charge in [-0.25, -0.2) is 4.98 Å². The fraction of sp³-hybridized carbons (Fsp3) is 0.312. The molecule has 0 bridgehead atoms. The summed E-state index contributed by atoms with van der Waals surface area (Å²) in [5, 5.41) is 5.00. The van der Waals surface area contributed by atoms with Crippen molar-refractivity contribution in [3.63, 3.8) is 0 Å². The van der Waals surface area contributed by atoms with E-state index in [0.29, 0.717) is 11.3 Å². The quantitative estimate of drug-likeness (QED) is 0.648. The maximum Gasteiger partial charge on any atom is 0.264 e. The van der Waals surface area contributed by atoms with E-state index in [1.807, 2.05) is 0 Å². The highest BCUT2D eigenvalue weighted by molar-refractivity contribution is 6.02. The standard InChI is InChI=1S/C16H17N5O4/c1-8-18-9-3-2-4-10(19-13(23)7-17)14(9)16(25)21(8)11-5-6-12(22)20-15(11)24/h2-4,11H,5-7,17H2,1H3,(H,19,23)(H,20,22,24). The van der Waals surface area contributed by atoms with E-state index in [1.54, 1.807) is 25.1 Å². The summed E-state index contributed by atoms with van der Waals surface area (Å²) in [4.78, 5) is 52.5. The molecule has 0 radical (unpaired) electrons. The number of aromatic nitrogens is 2. The number of nitrogens with two attached hydrogens (primary N) is 1. The molecule has 1 unspecified atom stereocenters. The van der Waals surface area contributed by atoms with Gasteiger partial charge in [-0.1, -0.05) is 6.07 Å². The third-order valence-electron chi connectivity index (χ3n) is 4.09. The lowest BCUT2D eigenvalue weighted by Crippen LogP contribution is -2.45. The highest BCUT2D eigenvalue weighted by atomic mass is 16.2. The molecule has 0 aliphatic carbocycles. The number of fused-ring (bicyclic) bond motifs is 1. The summed E-state index contributed by atoms with van der Waals surface area (Å²) in [6.07, 6.45) is 0.363. The zero-order valence-electron chi connectivity index (χ0n) is 13.5. The van der Waals surface area contributed by atoms with Crippen LogP contribution in [-0.4, -0.2) is 33.8 Å². The molecule has 1 aromatic carbocycles. The molecule has 4 N–H and O–H groups in total. The molecular weight excluding hydrogens is 326 g/mol. The Bertz CT molecular complexity index is 949. The maximum atomic E-state index is 13.0. The molecule has 130 valence electrons. The summed E-state index contributed by atoms with van der Waals surface area (Å²) in [6.45, 7) is 1.40. The predicted octanol–water partition coefficient (Wildman–Crippen LogP) is -0.420. The van der Waals surface area contributed by atoms with Crippen LogP contribution in [0, 0.1) is 6.92 Å². The molecule has 1 aliphatic heterocycles. The van der Waals surface area contributed by atoms with Crippen LogP contribution < -0.4 is 21.9 Å². The minimum Gasteiger partial charge on any atom is -0.324 e. The van der Waals surface area contributed by atoms with Crippen molar-refractivity contribution >= 4 is 34.3 Å². The summed E-state index contributed by atoms with van der Waals surface area (Å²) < 4.78 is 1.27. The second-order valence-corrected chi connectivity index (χ2v) is 5.75. The number of imide groups is 1. The number of nitrogens with zero attached hydrogens (tertiary/aromatic N) is 2. The van der Waals surface area contributed by atoms with Crippen molar-refractivity contribution in [1.29, 1.82) is 0 Å². The molecule has 25 heavy (non-hydrogen) atoms. The van der Waals surface area contributed by atoms with Gasteiger partial charge in [-0.2, -0.15) is 0 Å². The molecule has 9 heteroatoms. The van der Waals surface area contributed by atoms with Crippen molar-refractivity contribution in [3.8, 4) is 0 Å². The first kappa shape index (κ1) is 16.8. The van der Waals surface area contributed by atoms with E-state index in [1.165, 1.54) is 4.57 Å². The number of rotatable bonds is 3. The smallest absolute Gasteiger partial charge is 0.264 e. The van der Waals surface area contributed by atoms with Crippen LogP contribution in [-0.2, 0) is 14.4 Å². The molecule has 0 spiro atoms. The van der Waals surface area contributed by atoms with E-state index < -0.39 is 23.4 Å². The summed E-state index contributed by atoms with van der Waals surface area (Å²) in [5.41, 5.74) is 5.54. The Labute approximate surface area is 142 Å². The molecular formula is C16H17N5O4. The SMILES string of the molecule is Cc1nc2cccc(NC(=O)CN)c2c(=O)n1C1CCC(=O)NC1=O. The molecule has 9 nitrogen and oxygen atoms in total. The van der Waals surface area contributed by atoms with Gasteiger partial charge in [0.1, 0.15) is 11.9 Å². The molecule has 1 fully saturated rings. The number of carbonyl (C=O) groups is 3. The van der Waals surface area contributed by atoms with Crippen LogP contribution in [0.1, 0.15) is 24.7 Å². The molecule has 1 saturated heterocycles. The number of piperidine rings is 1. The average molecular weight is 343 g/mol. The Hall–Kier alpha value is -3.07. The Balaban J connectivity index is 2.19. The van der Waals surface area contributed by atoms with Gasteiger partial charge in [0.2, 0.25) is 17.7 Å². The van der Waals surface area contributed by atoms with Gasteiger partial charge < -0.3 is 11.1 Å². The third kappa shape index (κ3) is 3.01. The summed E-state index contributed by atoms with van der Waals surface area (Å²) in [7, 11) is 0. The molecule has 1 atom stereocenters. The van der Waals surface area contributed by atoms with Gasteiger partial charge in [0.25, 0.3) is 5.56 Å². The van der Waals surface area contributed by atoms with Crippen LogP contribution in [0.3, 0.4) is 0 Å². The van der Waals surface area contributed by atoms with E-state index in [2.05, 4.69) is 15.6 Å². The fourth-order valence-corrected chi connectivity index (χ4v) is 2.95. The number of carbonyl (C=O) groups excluding carboxylic acids is 3. The number of aryl methyl sites for hydroxylation is 1. The van der Waals surface area contributed by atoms with Crippen molar-refractivity contribution in [2.45, 2.75) is 25.8 Å². The summed E-state index contributed by atoms with van der Waals surface area (Å²) in [6, 6.07) is 4.07. The first-order valence-electron chi connectivity index (χ1n) is 7.78. The van der Waals surface area contributed by atoms with Crippen LogP contribution in [0.2, 0.25) is 0 Å². The second-order valence-electron chi connectivity index (χ2n) is 5.75. The van der Waals surface area contributed by atoms with E-state index in [-0.39, 0.29) is 36.4 Å². The van der Waals surface area contributed by atoms with Gasteiger partial charge in [-0.3, -0.25) is 29.1 Å². The molecule has 0 saturated carbocycles. The normalized spacial score (nSPS) is 17.4. The topological polar surface area (TPSA) is 136 Å². The maximum absolute atomic E-state index is 13.0. The first-order valence-corrected chi connectivity index (χ1v) is 7.78. The molecule has 1 aromatic heterocycles. The van der Waals surface area contributed by atoms with E-state index in [4.69, 9.17) is 5.73 Å². The number of anilines is 1. The van der Waals surface area contributed by atoms with Gasteiger partial charge in [-0.05, 0) is 25.5 Å². The van der Waals surface area contributed by atoms with Crippen LogP contribution in [0.15, 0.2) is 23.0 Å². The molecule has 1 aliphatic rings. The number of hydrogen-bond acceptors (Lipinski definition) is 6. The lowest BCUT2D eigenvalue weighted by Gasteiger charge is -2.24. The lowest BCUT2D eigenvalue weighted by molar-refractivity contribution is -0.135. The highest BCUT2D eigenvalue weighted by Gasteiger charge is 2.30. The van der Waals surface area contributed by atoms with Gasteiger partial charge in [-0.15, -0.1) is 0 Å². The predicted molar refractivity (Wildman–Crippen MR) is 89.8 cm³/mol. The minimum atomic E-state index is -0.819. The van der Waals surface area contributed by atoms with Crippen molar-refractivity contribution < 1.29 is 14.4 Å². The summed E-state index contributed by atoms with van der Waals surface area (Å²) >= 11 is 0. The first-order chi connectivity index (χ1) is 11.9. The Morgan fingerprint density at radius 1 is 1.40 bits per heavy atom. The van der Waals surface area contributed by atoms with Crippen LogP contribution >= 0.6 is 0 Å². The van der Waals surface area contributed by atoms with Crippen LogP contribution in [0.25, 0.3) is 10.9 Å². The number of benzene rings is 1. The molecule has 3 rings (SSSR count). The fourth-order valence-electron chi connectivity index (χ4n) is 2.95. The molecule has 3 amide bonds. The Kier molecular flexibility index (Phi) is 4.32. The van der Waals surface area contributed by atoms with E-state index in [9.17, 15) is 19.2 Å². The zero-order chi connectivity index (χ0) is 18.1. The number of nitrogens with one attached hydrogen (secondary N) is 2. The van der Waals surface area contributed by atoms with Crippen molar-refractivity contribution in [3.05, 3.63) is 34.4 Å².